The minimum absolute atomic E-state index is 0.194. The molecule has 1 aliphatic rings. The van der Waals surface area contributed by atoms with Crippen molar-refractivity contribution in [2.45, 2.75) is 26.0 Å². The molecule has 1 aliphatic heterocycles. The van der Waals surface area contributed by atoms with Gasteiger partial charge in [-0.2, -0.15) is 0 Å². The molecule has 142 valence electrons. The van der Waals surface area contributed by atoms with Gasteiger partial charge in [-0.1, -0.05) is 41.9 Å². The number of amides is 1. The van der Waals surface area contributed by atoms with E-state index in [0.717, 1.165) is 5.56 Å². The lowest BCUT2D eigenvalue weighted by molar-refractivity contribution is -0.129. The summed E-state index contributed by atoms with van der Waals surface area (Å²) in [5.74, 6) is -0.260. The Hall–Kier alpha value is -2.73. The van der Waals surface area contributed by atoms with Gasteiger partial charge in [0.1, 0.15) is 13.2 Å². The summed E-state index contributed by atoms with van der Waals surface area (Å²) < 4.78 is 16.1. The van der Waals surface area contributed by atoms with Gasteiger partial charge in [0.25, 0.3) is 5.91 Å². The average Bonchev–Trinajstić information content (AvgIpc) is 2.68. The highest BCUT2D eigenvalue weighted by atomic mass is 35.5. The number of ether oxygens (including phenoxy) is 3. The van der Waals surface area contributed by atoms with Crippen molar-refractivity contribution in [1.29, 1.82) is 0 Å². The van der Waals surface area contributed by atoms with Crippen molar-refractivity contribution in [2.75, 3.05) is 13.2 Å². The van der Waals surface area contributed by atoms with Crippen LogP contribution in [0.1, 0.15) is 35.8 Å². The zero-order valence-electron chi connectivity index (χ0n) is 15.0. The van der Waals surface area contributed by atoms with E-state index in [0.29, 0.717) is 24.7 Å². The molecule has 0 saturated heterocycles. The zero-order chi connectivity index (χ0) is 19.4. The summed E-state index contributed by atoms with van der Waals surface area (Å²) in [6.45, 7) is 4.15. The number of rotatable bonds is 5. The maximum Gasteiger partial charge on any atom is 0.339 e. The molecular weight excluding hydrogens is 370 g/mol. The van der Waals surface area contributed by atoms with Crippen LogP contribution in [0, 0.1) is 0 Å². The average molecular weight is 390 g/mol. The van der Waals surface area contributed by atoms with Crippen molar-refractivity contribution in [3.05, 3.63) is 58.6 Å². The van der Waals surface area contributed by atoms with Gasteiger partial charge in [0.2, 0.25) is 0 Å². The highest BCUT2D eigenvalue weighted by Gasteiger charge is 2.24. The fourth-order valence-corrected chi connectivity index (χ4v) is 2.93. The van der Waals surface area contributed by atoms with Gasteiger partial charge in [0.15, 0.2) is 17.6 Å². The molecule has 2 unspecified atom stereocenters. The topological polar surface area (TPSA) is 73.9 Å². The van der Waals surface area contributed by atoms with Gasteiger partial charge in [-0.3, -0.25) is 4.79 Å². The molecule has 0 spiro atoms. The van der Waals surface area contributed by atoms with Crippen LogP contribution in [0.25, 0.3) is 0 Å². The molecule has 1 amide bonds. The molecular formula is C20H20ClNO5. The Labute approximate surface area is 162 Å². The van der Waals surface area contributed by atoms with Gasteiger partial charge in [0, 0.05) is 0 Å². The van der Waals surface area contributed by atoms with E-state index < -0.39 is 12.1 Å². The van der Waals surface area contributed by atoms with Crippen LogP contribution in [-0.2, 0) is 9.53 Å². The van der Waals surface area contributed by atoms with Gasteiger partial charge in [-0.25, -0.2) is 4.79 Å². The van der Waals surface area contributed by atoms with Crippen molar-refractivity contribution < 1.29 is 23.8 Å². The number of halogens is 1. The summed E-state index contributed by atoms with van der Waals surface area (Å²) >= 11 is 6.14. The van der Waals surface area contributed by atoms with Crippen molar-refractivity contribution in [3.63, 3.8) is 0 Å². The van der Waals surface area contributed by atoms with E-state index in [4.69, 9.17) is 25.8 Å². The van der Waals surface area contributed by atoms with Crippen LogP contribution in [0.15, 0.2) is 42.5 Å². The fourth-order valence-electron chi connectivity index (χ4n) is 2.67. The third-order valence-electron chi connectivity index (χ3n) is 4.14. The minimum atomic E-state index is -0.962. The summed E-state index contributed by atoms with van der Waals surface area (Å²) in [6, 6.07) is 12.3. The van der Waals surface area contributed by atoms with Crippen molar-refractivity contribution in [2.24, 2.45) is 0 Å². The van der Waals surface area contributed by atoms with Crippen LogP contribution in [-0.4, -0.2) is 31.2 Å². The molecule has 0 saturated carbocycles. The minimum Gasteiger partial charge on any atom is -0.486 e. The lowest BCUT2D eigenvalue weighted by Gasteiger charge is -2.21. The predicted octanol–water partition coefficient (Wildman–Crippen LogP) is 3.53. The monoisotopic (exact) mass is 389 g/mol. The first-order valence-corrected chi connectivity index (χ1v) is 8.99. The number of carbonyl (C=O) groups excluding carboxylic acids is 2. The largest absolute Gasteiger partial charge is 0.486 e. The van der Waals surface area contributed by atoms with Crippen LogP contribution >= 0.6 is 11.6 Å². The SMILES string of the molecule is CC(OC(=O)c1cc(Cl)c2c(c1)OCCO2)C(=O)NC(C)c1ccccc1. The van der Waals surface area contributed by atoms with Crippen molar-refractivity contribution in [3.8, 4) is 11.5 Å². The zero-order valence-corrected chi connectivity index (χ0v) is 15.8. The molecule has 2 atom stereocenters. The number of hydrogen-bond acceptors (Lipinski definition) is 5. The normalized spacial score (nSPS) is 14.8. The molecule has 0 aliphatic carbocycles. The predicted molar refractivity (Wildman–Crippen MR) is 100 cm³/mol. The van der Waals surface area contributed by atoms with Crippen molar-refractivity contribution >= 4 is 23.5 Å². The van der Waals surface area contributed by atoms with Crippen LogP contribution < -0.4 is 14.8 Å². The number of carbonyl (C=O) groups is 2. The number of nitrogens with one attached hydrogen (secondary N) is 1. The second-order valence-electron chi connectivity index (χ2n) is 6.17. The Kier molecular flexibility index (Phi) is 5.86. The fraction of sp³-hybridized carbons (Fsp3) is 0.300. The molecule has 0 aromatic heterocycles. The number of hydrogen-bond donors (Lipinski definition) is 1. The molecule has 3 rings (SSSR count). The van der Waals surface area contributed by atoms with Gasteiger partial charge >= 0.3 is 5.97 Å². The lowest BCUT2D eigenvalue weighted by atomic mass is 10.1. The molecule has 1 heterocycles. The van der Waals surface area contributed by atoms with Crippen LogP contribution in [0.4, 0.5) is 0 Å². The lowest BCUT2D eigenvalue weighted by Crippen LogP contribution is -2.37. The maximum atomic E-state index is 12.4. The van der Waals surface area contributed by atoms with Gasteiger partial charge in [-0.15, -0.1) is 0 Å². The Morgan fingerprint density at radius 2 is 1.81 bits per heavy atom. The van der Waals surface area contributed by atoms with E-state index in [1.807, 2.05) is 37.3 Å². The highest BCUT2D eigenvalue weighted by molar-refractivity contribution is 6.32. The first-order valence-electron chi connectivity index (χ1n) is 8.61. The molecule has 7 heteroatoms. The van der Waals surface area contributed by atoms with Crippen molar-refractivity contribution in [1.82, 2.24) is 5.32 Å². The van der Waals surface area contributed by atoms with Gasteiger partial charge < -0.3 is 19.5 Å². The molecule has 2 aromatic rings. The number of fused-ring (bicyclic) bond motifs is 1. The molecule has 0 radical (unpaired) electrons. The van der Waals surface area contributed by atoms with E-state index in [2.05, 4.69) is 5.32 Å². The van der Waals surface area contributed by atoms with E-state index in [9.17, 15) is 9.59 Å². The second-order valence-corrected chi connectivity index (χ2v) is 6.58. The number of benzene rings is 2. The molecule has 2 aromatic carbocycles. The van der Waals surface area contributed by atoms with Gasteiger partial charge in [0.05, 0.1) is 16.6 Å². The standard InChI is InChI=1S/C20H20ClNO5/c1-12(14-6-4-3-5-7-14)22-19(23)13(2)27-20(24)15-10-16(21)18-17(11-15)25-8-9-26-18/h3-7,10-13H,8-9H2,1-2H3,(H,22,23). The molecule has 1 N–H and O–H groups in total. The summed E-state index contributed by atoms with van der Waals surface area (Å²) in [7, 11) is 0. The summed E-state index contributed by atoms with van der Waals surface area (Å²) in [5.41, 5.74) is 1.16. The first-order chi connectivity index (χ1) is 13.0. The Bertz CT molecular complexity index is 840. The third-order valence-corrected chi connectivity index (χ3v) is 4.42. The first kappa shape index (κ1) is 19.0. The van der Waals surface area contributed by atoms with E-state index in [-0.39, 0.29) is 22.5 Å². The molecule has 27 heavy (non-hydrogen) atoms. The second kappa shape index (κ2) is 8.31. The Morgan fingerprint density at radius 3 is 2.56 bits per heavy atom. The smallest absolute Gasteiger partial charge is 0.339 e. The Morgan fingerprint density at radius 1 is 1.11 bits per heavy atom. The third kappa shape index (κ3) is 4.52. The molecule has 6 nitrogen and oxygen atoms in total. The summed E-state index contributed by atoms with van der Waals surface area (Å²) in [6.07, 6.45) is -0.962. The van der Waals surface area contributed by atoms with Gasteiger partial charge in [-0.05, 0) is 31.5 Å². The summed E-state index contributed by atoms with van der Waals surface area (Å²) in [4.78, 5) is 24.7. The summed E-state index contributed by atoms with van der Waals surface area (Å²) in [5, 5.41) is 3.09. The van der Waals surface area contributed by atoms with E-state index in [1.165, 1.54) is 19.1 Å². The maximum absolute atomic E-state index is 12.4. The quantitative estimate of drug-likeness (QED) is 0.792. The van der Waals surface area contributed by atoms with E-state index >= 15 is 0 Å². The highest BCUT2D eigenvalue weighted by Crippen LogP contribution is 2.38. The van der Waals surface area contributed by atoms with Crippen LogP contribution in [0.3, 0.4) is 0 Å². The molecule has 0 fully saturated rings. The molecule has 0 bridgehead atoms. The van der Waals surface area contributed by atoms with Crippen LogP contribution in [0.5, 0.6) is 11.5 Å². The Balaban J connectivity index is 1.63. The van der Waals surface area contributed by atoms with Crippen LogP contribution in [0.2, 0.25) is 5.02 Å². The number of esters is 1. The van der Waals surface area contributed by atoms with E-state index in [1.54, 1.807) is 0 Å².